The maximum Gasteiger partial charge on any atom is 0.191 e. The predicted molar refractivity (Wildman–Crippen MR) is 129 cm³/mol. The summed E-state index contributed by atoms with van der Waals surface area (Å²) in [5, 5.41) is 11.3. The molecule has 1 unspecified atom stereocenters. The molecule has 0 amide bonds. The fourth-order valence-electron chi connectivity index (χ4n) is 3.41. The zero-order chi connectivity index (χ0) is 19.4. The lowest BCUT2D eigenvalue weighted by atomic mass is 9.96. The highest BCUT2D eigenvalue weighted by atomic mass is 127. The Morgan fingerprint density at radius 3 is 2.64 bits per heavy atom. The number of nitrogens with zero attached hydrogens (tertiary/aromatic N) is 4. The molecule has 6 nitrogen and oxygen atoms in total. The zero-order valence-corrected chi connectivity index (χ0v) is 20.9. The largest absolute Gasteiger partial charge is 0.356 e. The molecule has 1 aliphatic rings. The van der Waals surface area contributed by atoms with E-state index in [2.05, 4.69) is 86.1 Å². The molecule has 1 heterocycles. The Labute approximate surface area is 193 Å². The van der Waals surface area contributed by atoms with Crippen molar-refractivity contribution in [2.75, 3.05) is 34.2 Å². The van der Waals surface area contributed by atoms with Gasteiger partial charge in [0.05, 0.1) is 12.2 Å². The fraction of sp³-hybridized carbons (Fsp3) is 0.500. The summed E-state index contributed by atoms with van der Waals surface area (Å²) in [4.78, 5) is 6.60. The van der Waals surface area contributed by atoms with Crippen molar-refractivity contribution in [1.82, 2.24) is 25.3 Å². The van der Waals surface area contributed by atoms with E-state index in [9.17, 15) is 0 Å². The van der Waals surface area contributed by atoms with Gasteiger partial charge in [0.15, 0.2) is 5.96 Å². The topological polar surface area (TPSA) is 57.5 Å². The van der Waals surface area contributed by atoms with E-state index in [-0.39, 0.29) is 35.4 Å². The Hall–Kier alpha value is -1.13. The first-order chi connectivity index (χ1) is 12.9. The van der Waals surface area contributed by atoms with Gasteiger partial charge in [0.2, 0.25) is 0 Å². The molecule has 2 N–H and O–H groups in total. The van der Waals surface area contributed by atoms with Gasteiger partial charge in [-0.3, -0.25) is 9.67 Å². The minimum absolute atomic E-state index is 0. The monoisotopic (exact) mass is 560 g/mol. The molecule has 1 aliphatic carbocycles. The fourth-order valence-corrected chi connectivity index (χ4v) is 3.81. The van der Waals surface area contributed by atoms with Crippen molar-refractivity contribution in [2.24, 2.45) is 12.0 Å². The molecule has 8 heteroatoms. The lowest BCUT2D eigenvalue weighted by molar-refractivity contribution is 0.298. The standard InChI is InChI=1S/C20H29BrN6.HI/c1-22-19(23-12-18(26(2)3)15-11-25-27(4)13-15)24-14-20(8-9-20)16-6-5-7-17(21)10-16;/h5-7,10-11,13,18H,8-9,12,14H2,1-4H3,(H2,22,23,24);1H. The molecule has 0 spiro atoms. The van der Waals surface area contributed by atoms with Crippen LogP contribution in [0, 0.1) is 0 Å². The molecule has 1 atom stereocenters. The lowest BCUT2D eigenvalue weighted by Gasteiger charge is -2.25. The number of rotatable bonds is 7. The third kappa shape index (κ3) is 5.70. The molecule has 1 fully saturated rings. The maximum absolute atomic E-state index is 4.41. The van der Waals surface area contributed by atoms with Crippen molar-refractivity contribution >= 4 is 45.9 Å². The summed E-state index contributed by atoms with van der Waals surface area (Å²) in [6, 6.07) is 8.88. The quantitative estimate of drug-likeness (QED) is 0.310. The molecule has 154 valence electrons. The smallest absolute Gasteiger partial charge is 0.191 e. The van der Waals surface area contributed by atoms with Gasteiger partial charge in [0.25, 0.3) is 0 Å². The van der Waals surface area contributed by atoms with Gasteiger partial charge in [-0.25, -0.2) is 0 Å². The van der Waals surface area contributed by atoms with Crippen LogP contribution in [0.4, 0.5) is 0 Å². The Morgan fingerprint density at radius 2 is 2.11 bits per heavy atom. The molecule has 0 radical (unpaired) electrons. The Bertz CT molecular complexity index is 799. The maximum atomic E-state index is 4.41. The average Bonchev–Trinajstić information content (AvgIpc) is 3.32. The van der Waals surface area contributed by atoms with Crippen LogP contribution in [0.3, 0.4) is 0 Å². The first-order valence-electron chi connectivity index (χ1n) is 9.29. The Morgan fingerprint density at radius 1 is 1.36 bits per heavy atom. The molecule has 1 aromatic carbocycles. The van der Waals surface area contributed by atoms with Crippen LogP contribution in [0.5, 0.6) is 0 Å². The number of aliphatic imine (C=N–C) groups is 1. The van der Waals surface area contributed by atoms with Crippen LogP contribution in [0.25, 0.3) is 0 Å². The number of nitrogens with one attached hydrogen (secondary N) is 2. The van der Waals surface area contributed by atoms with Crippen LogP contribution in [0.15, 0.2) is 46.1 Å². The second-order valence-electron chi connectivity index (χ2n) is 7.52. The van der Waals surface area contributed by atoms with E-state index in [0.717, 1.165) is 23.5 Å². The molecule has 28 heavy (non-hydrogen) atoms. The number of aryl methyl sites for hydroxylation is 1. The summed E-state index contributed by atoms with van der Waals surface area (Å²) in [6.45, 7) is 1.66. The minimum Gasteiger partial charge on any atom is -0.356 e. The molecule has 2 aromatic rings. The number of hydrogen-bond donors (Lipinski definition) is 2. The van der Waals surface area contributed by atoms with E-state index in [1.54, 1.807) is 0 Å². The van der Waals surface area contributed by atoms with Crippen LogP contribution in [0.2, 0.25) is 0 Å². The first kappa shape index (κ1) is 23.2. The second-order valence-corrected chi connectivity index (χ2v) is 8.44. The third-order valence-electron chi connectivity index (χ3n) is 5.30. The lowest BCUT2D eigenvalue weighted by Crippen LogP contribution is -2.44. The predicted octanol–water partition coefficient (Wildman–Crippen LogP) is 3.30. The van der Waals surface area contributed by atoms with Gasteiger partial charge < -0.3 is 15.5 Å². The number of halogens is 2. The van der Waals surface area contributed by atoms with E-state index in [1.165, 1.54) is 24.0 Å². The highest BCUT2D eigenvalue weighted by molar-refractivity contribution is 14.0. The number of aromatic nitrogens is 2. The Balaban J connectivity index is 0.00000280. The van der Waals surface area contributed by atoms with Gasteiger partial charge >= 0.3 is 0 Å². The molecular formula is C20H30BrIN6. The van der Waals surface area contributed by atoms with E-state index in [0.29, 0.717) is 0 Å². The van der Waals surface area contributed by atoms with E-state index >= 15 is 0 Å². The molecule has 1 aromatic heterocycles. The van der Waals surface area contributed by atoms with Crippen LogP contribution in [-0.4, -0.2) is 54.9 Å². The number of likely N-dealkylation sites (N-methyl/N-ethyl adjacent to an activating group) is 1. The normalized spacial score (nSPS) is 16.4. The second kappa shape index (κ2) is 10.1. The van der Waals surface area contributed by atoms with Crippen LogP contribution in [-0.2, 0) is 12.5 Å². The van der Waals surface area contributed by atoms with Gasteiger partial charge in [-0.15, -0.1) is 24.0 Å². The molecule has 3 rings (SSSR count). The minimum atomic E-state index is 0. The molecule has 0 aliphatic heterocycles. The van der Waals surface area contributed by atoms with Crippen molar-refractivity contribution in [3.8, 4) is 0 Å². The van der Waals surface area contributed by atoms with Gasteiger partial charge in [-0.05, 0) is 44.6 Å². The summed E-state index contributed by atoms with van der Waals surface area (Å²) < 4.78 is 2.98. The van der Waals surface area contributed by atoms with E-state index in [1.807, 2.05) is 25.0 Å². The van der Waals surface area contributed by atoms with Gasteiger partial charge in [-0.2, -0.15) is 5.10 Å². The summed E-state index contributed by atoms with van der Waals surface area (Å²) in [5.41, 5.74) is 2.81. The third-order valence-corrected chi connectivity index (χ3v) is 5.80. The van der Waals surface area contributed by atoms with Gasteiger partial charge in [-0.1, -0.05) is 28.1 Å². The summed E-state index contributed by atoms with van der Waals surface area (Å²) in [6.07, 6.45) is 6.41. The number of hydrogen-bond acceptors (Lipinski definition) is 3. The molecule has 0 bridgehead atoms. The van der Waals surface area contributed by atoms with Crippen LogP contribution >= 0.6 is 39.9 Å². The summed E-state index contributed by atoms with van der Waals surface area (Å²) in [7, 11) is 7.94. The van der Waals surface area contributed by atoms with Crippen molar-refractivity contribution in [3.05, 3.63) is 52.3 Å². The molecule has 0 saturated heterocycles. The van der Waals surface area contributed by atoms with Crippen LogP contribution in [0.1, 0.15) is 30.0 Å². The summed E-state index contributed by atoms with van der Waals surface area (Å²) >= 11 is 3.59. The van der Waals surface area contributed by atoms with E-state index in [4.69, 9.17) is 0 Å². The first-order valence-corrected chi connectivity index (χ1v) is 10.1. The van der Waals surface area contributed by atoms with Crippen molar-refractivity contribution in [1.29, 1.82) is 0 Å². The zero-order valence-electron chi connectivity index (χ0n) is 16.9. The van der Waals surface area contributed by atoms with E-state index < -0.39 is 0 Å². The highest BCUT2D eigenvalue weighted by Gasteiger charge is 2.44. The van der Waals surface area contributed by atoms with Crippen molar-refractivity contribution in [3.63, 3.8) is 0 Å². The van der Waals surface area contributed by atoms with Crippen LogP contribution < -0.4 is 10.6 Å². The average molecular weight is 561 g/mol. The Kier molecular flexibility index (Phi) is 8.32. The molecular weight excluding hydrogens is 531 g/mol. The van der Waals surface area contributed by atoms with Gasteiger partial charge in [0, 0.05) is 48.8 Å². The molecule has 1 saturated carbocycles. The van der Waals surface area contributed by atoms with Crippen molar-refractivity contribution < 1.29 is 0 Å². The SMILES string of the molecule is CN=C(NCC(c1cnn(C)c1)N(C)C)NCC1(c2cccc(Br)c2)CC1.I. The van der Waals surface area contributed by atoms with Crippen molar-refractivity contribution in [2.45, 2.75) is 24.3 Å². The number of guanidine groups is 1. The van der Waals surface area contributed by atoms with Gasteiger partial charge in [0.1, 0.15) is 0 Å². The number of benzene rings is 1. The highest BCUT2D eigenvalue weighted by Crippen LogP contribution is 2.48. The summed E-state index contributed by atoms with van der Waals surface area (Å²) in [5.74, 6) is 0.840.